The number of aliphatic hydroxyl groups excluding tert-OH is 2. The minimum atomic E-state index is -0.663. The lowest BCUT2D eigenvalue weighted by molar-refractivity contribution is -0.143. The summed E-state index contributed by atoms with van der Waals surface area (Å²) in [5.74, 6) is -0.0174. The van der Waals surface area contributed by atoms with E-state index in [0.29, 0.717) is 25.9 Å². The molecule has 3 N–H and O–H groups in total. The lowest BCUT2D eigenvalue weighted by Crippen LogP contribution is -2.45. The summed E-state index contributed by atoms with van der Waals surface area (Å²) in [5.41, 5.74) is 0. The van der Waals surface area contributed by atoms with Crippen molar-refractivity contribution in [1.29, 1.82) is 0 Å². The fourth-order valence-electron chi connectivity index (χ4n) is 12.6. The molecule has 6 nitrogen and oxygen atoms in total. The summed E-state index contributed by atoms with van der Waals surface area (Å²) in [7, 11) is 0. The number of unbranched alkanes of at least 4 members (excludes halogenated alkanes) is 58. The minimum absolute atomic E-state index is 0.0100. The molecule has 0 fully saturated rings. The Morgan fingerprint density at radius 1 is 0.322 bits per heavy atom. The van der Waals surface area contributed by atoms with Crippen molar-refractivity contribution in [3.8, 4) is 0 Å². The standard InChI is InChI=1S/C81H155NO5/c1-3-5-7-9-11-13-15-17-18-19-20-40-43-46-50-53-57-61-65-69-73-79(84)78(77-83)82-80(85)74-70-66-62-58-54-51-47-44-41-38-36-34-32-30-28-26-24-22-21-23-25-27-29-31-33-35-37-39-42-45-48-52-56-60-64-68-72-76-87-81(86)75-71-67-63-59-55-49-16-14-12-10-8-6-4-2/h14,16,21,23,27,29,78-79,83-84H,3-13,15,17-20,22,24-26,28,30-77H2,1-2H3,(H,82,85)/b16-14-,23-21-,29-27-. The van der Waals surface area contributed by atoms with Gasteiger partial charge in [0.05, 0.1) is 25.4 Å². The molecule has 87 heavy (non-hydrogen) atoms. The van der Waals surface area contributed by atoms with Gasteiger partial charge in [-0.15, -0.1) is 0 Å². The first-order chi connectivity index (χ1) is 43.0. The maximum atomic E-state index is 12.6. The minimum Gasteiger partial charge on any atom is -0.466 e. The van der Waals surface area contributed by atoms with Gasteiger partial charge >= 0.3 is 5.97 Å². The number of rotatable bonds is 75. The number of allylic oxidation sites excluding steroid dienone is 6. The van der Waals surface area contributed by atoms with Gasteiger partial charge in [-0.2, -0.15) is 0 Å². The smallest absolute Gasteiger partial charge is 0.305 e. The van der Waals surface area contributed by atoms with Gasteiger partial charge in [0.1, 0.15) is 0 Å². The highest BCUT2D eigenvalue weighted by Gasteiger charge is 2.20. The van der Waals surface area contributed by atoms with Crippen molar-refractivity contribution < 1.29 is 24.5 Å². The molecule has 0 rings (SSSR count). The van der Waals surface area contributed by atoms with E-state index >= 15 is 0 Å². The highest BCUT2D eigenvalue weighted by atomic mass is 16.5. The van der Waals surface area contributed by atoms with Crippen LogP contribution < -0.4 is 5.32 Å². The van der Waals surface area contributed by atoms with E-state index in [1.54, 1.807) is 0 Å². The Balaban J connectivity index is 3.36. The number of carbonyl (C=O) groups excluding carboxylic acids is 2. The number of amides is 1. The van der Waals surface area contributed by atoms with Gasteiger partial charge in [0, 0.05) is 12.8 Å². The van der Waals surface area contributed by atoms with E-state index in [4.69, 9.17) is 4.74 Å². The molecule has 0 aliphatic carbocycles. The average molecular weight is 1220 g/mol. The average Bonchev–Trinajstić information content (AvgIpc) is 3.54. The van der Waals surface area contributed by atoms with E-state index in [1.165, 1.54) is 360 Å². The van der Waals surface area contributed by atoms with Gasteiger partial charge < -0.3 is 20.3 Å². The number of ether oxygens (including phenoxy) is 1. The molecule has 0 aliphatic rings. The van der Waals surface area contributed by atoms with Crippen molar-refractivity contribution in [1.82, 2.24) is 5.32 Å². The highest BCUT2D eigenvalue weighted by molar-refractivity contribution is 5.76. The summed E-state index contributed by atoms with van der Waals surface area (Å²) in [4.78, 5) is 24.6. The van der Waals surface area contributed by atoms with Gasteiger partial charge in [-0.05, 0) is 83.5 Å². The molecule has 0 aliphatic heterocycles. The van der Waals surface area contributed by atoms with Gasteiger partial charge in [0.2, 0.25) is 5.91 Å². The van der Waals surface area contributed by atoms with E-state index in [9.17, 15) is 19.8 Å². The van der Waals surface area contributed by atoms with E-state index < -0.39 is 12.1 Å². The van der Waals surface area contributed by atoms with Crippen LogP contribution in [0.2, 0.25) is 0 Å². The summed E-state index contributed by atoms with van der Waals surface area (Å²) in [5, 5.41) is 23.4. The van der Waals surface area contributed by atoms with Crippen LogP contribution in [0.3, 0.4) is 0 Å². The van der Waals surface area contributed by atoms with E-state index in [0.717, 1.165) is 51.4 Å². The fourth-order valence-corrected chi connectivity index (χ4v) is 12.6. The van der Waals surface area contributed by atoms with Crippen LogP contribution in [0.1, 0.15) is 444 Å². The first-order valence-corrected chi connectivity index (χ1v) is 39.7. The lowest BCUT2D eigenvalue weighted by Gasteiger charge is -2.22. The zero-order valence-electron chi connectivity index (χ0n) is 59.0. The van der Waals surface area contributed by atoms with Crippen molar-refractivity contribution in [3.63, 3.8) is 0 Å². The van der Waals surface area contributed by atoms with Crippen molar-refractivity contribution in [3.05, 3.63) is 36.5 Å². The third-order valence-corrected chi connectivity index (χ3v) is 18.7. The summed E-state index contributed by atoms with van der Waals surface area (Å²) in [6, 6.07) is -0.540. The van der Waals surface area contributed by atoms with Gasteiger partial charge in [0.25, 0.3) is 0 Å². The summed E-state index contributed by atoms with van der Waals surface area (Å²) < 4.78 is 5.48. The molecule has 0 saturated carbocycles. The molecular weight excluding hydrogens is 1070 g/mol. The van der Waals surface area contributed by atoms with Crippen LogP contribution in [0.15, 0.2) is 36.5 Å². The van der Waals surface area contributed by atoms with E-state index in [1.807, 2.05) is 0 Å². The summed E-state index contributed by atoms with van der Waals surface area (Å²) >= 11 is 0. The van der Waals surface area contributed by atoms with Gasteiger partial charge in [-0.25, -0.2) is 0 Å². The second-order valence-electron chi connectivity index (χ2n) is 27.4. The normalized spacial score (nSPS) is 12.6. The van der Waals surface area contributed by atoms with Crippen molar-refractivity contribution in [2.24, 2.45) is 0 Å². The molecule has 514 valence electrons. The Labute approximate surface area is 544 Å². The van der Waals surface area contributed by atoms with Crippen LogP contribution in [0.4, 0.5) is 0 Å². The predicted octanol–water partition coefficient (Wildman–Crippen LogP) is 26.2. The van der Waals surface area contributed by atoms with Gasteiger partial charge in [-0.3, -0.25) is 9.59 Å². The van der Waals surface area contributed by atoms with Crippen LogP contribution in [0, 0.1) is 0 Å². The van der Waals surface area contributed by atoms with Crippen molar-refractivity contribution in [2.75, 3.05) is 13.2 Å². The zero-order valence-corrected chi connectivity index (χ0v) is 59.0. The third-order valence-electron chi connectivity index (χ3n) is 18.7. The number of hydrogen-bond acceptors (Lipinski definition) is 5. The predicted molar refractivity (Wildman–Crippen MR) is 384 cm³/mol. The third kappa shape index (κ3) is 73.0. The first-order valence-electron chi connectivity index (χ1n) is 39.7. The second kappa shape index (κ2) is 76.5. The molecule has 0 spiro atoms. The quantitative estimate of drug-likeness (QED) is 0.0320. The number of carbonyl (C=O) groups is 2. The monoisotopic (exact) mass is 1220 g/mol. The molecule has 6 heteroatoms. The molecule has 0 radical (unpaired) electrons. The van der Waals surface area contributed by atoms with Crippen LogP contribution in [0.5, 0.6) is 0 Å². The number of aliphatic hydroxyl groups is 2. The Morgan fingerprint density at radius 3 is 0.897 bits per heavy atom. The Bertz CT molecular complexity index is 1410. The van der Waals surface area contributed by atoms with Crippen LogP contribution in [-0.2, 0) is 14.3 Å². The Kier molecular flexibility index (Phi) is 74.8. The van der Waals surface area contributed by atoms with Crippen LogP contribution in [0.25, 0.3) is 0 Å². The van der Waals surface area contributed by atoms with Crippen molar-refractivity contribution in [2.45, 2.75) is 456 Å². The second-order valence-corrected chi connectivity index (χ2v) is 27.4. The highest BCUT2D eigenvalue weighted by Crippen LogP contribution is 2.20. The summed E-state index contributed by atoms with van der Waals surface area (Å²) in [6.07, 6.45) is 99.5. The molecular formula is C81H155NO5. The summed E-state index contributed by atoms with van der Waals surface area (Å²) in [6.45, 7) is 4.98. The molecule has 0 aromatic rings. The van der Waals surface area contributed by atoms with Gasteiger partial charge in [-0.1, -0.05) is 384 Å². The first kappa shape index (κ1) is 85.1. The maximum absolute atomic E-state index is 12.6. The number of esters is 1. The zero-order chi connectivity index (χ0) is 62.8. The van der Waals surface area contributed by atoms with Gasteiger partial charge in [0.15, 0.2) is 0 Å². The maximum Gasteiger partial charge on any atom is 0.305 e. The molecule has 2 unspecified atom stereocenters. The molecule has 2 atom stereocenters. The SMILES string of the molecule is CCCCCC/C=C\CCCCCCCC(=O)OCCCCCCCCCCCCCCC/C=C\C/C=C\CCCCCCCCCCCCCCCCCCCC(=O)NC(CO)C(O)CCCCCCCCCCCCCCCCCCCCCC. The fraction of sp³-hybridized carbons (Fsp3) is 0.901. The van der Waals surface area contributed by atoms with Crippen LogP contribution in [-0.4, -0.2) is 47.4 Å². The Morgan fingerprint density at radius 2 is 0.575 bits per heavy atom. The van der Waals surface area contributed by atoms with Crippen LogP contribution >= 0.6 is 0 Å². The molecule has 0 aromatic carbocycles. The molecule has 0 heterocycles. The Hall–Kier alpha value is -1.92. The van der Waals surface area contributed by atoms with E-state index in [-0.39, 0.29) is 18.5 Å². The molecule has 0 bridgehead atoms. The largest absolute Gasteiger partial charge is 0.466 e. The number of hydrogen-bond donors (Lipinski definition) is 3. The lowest BCUT2D eigenvalue weighted by atomic mass is 10.0. The molecule has 1 amide bonds. The molecule has 0 aromatic heterocycles. The number of nitrogens with one attached hydrogen (secondary N) is 1. The topological polar surface area (TPSA) is 95.9 Å². The molecule has 0 saturated heterocycles. The van der Waals surface area contributed by atoms with Crippen molar-refractivity contribution >= 4 is 11.9 Å². The van der Waals surface area contributed by atoms with E-state index in [2.05, 4.69) is 55.6 Å².